The SMILES string of the molecule is CCCCCCCCC(c1ccc(C(F)(F)F)cc1)C(OC)(OC)OC(C)C. The summed E-state index contributed by atoms with van der Waals surface area (Å²) in [5.74, 6) is -1.67. The maximum atomic E-state index is 12.9. The van der Waals surface area contributed by atoms with E-state index in [9.17, 15) is 13.2 Å². The molecule has 28 heavy (non-hydrogen) atoms. The highest BCUT2D eigenvalue weighted by atomic mass is 19.4. The molecule has 3 nitrogen and oxygen atoms in total. The Hall–Kier alpha value is -1.11. The van der Waals surface area contributed by atoms with Crippen molar-refractivity contribution < 1.29 is 27.4 Å². The molecule has 0 saturated heterocycles. The van der Waals surface area contributed by atoms with Gasteiger partial charge in [0.1, 0.15) is 0 Å². The Balaban J connectivity index is 3.05. The van der Waals surface area contributed by atoms with Crippen molar-refractivity contribution >= 4 is 0 Å². The number of unbranched alkanes of at least 4 members (excludes halogenated alkanes) is 5. The normalized spacial score (nSPS) is 13.9. The fourth-order valence-electron chi connectivity index (χ4n) is 3.46. The Bertz CT molecular complexity index is 537. The summed E-state index contributed by atoms with van der Waals surface area (Å²) in [6, 6.07) is 5.21. The lowest BCUT2D eigenvalue weighted by atomic mass is 9.89. The van der Waals surface area contributed by atoms with Gasteiger partial charge < -0.3 is 14.2 Å². The summed E-state index contributed by atoms with van der Waals surface area (Å²) in [6.07, 6.45) is 2.91. The molecule has 0 radical (unpaired) electrons. The van der Waals surface area contributed by atoms with Crippen molar-refractivity contribution in [3.05, 3.63) is 35.4 Å². The first-order valence-corrected chi connectivity index (χ1v) is 10.2. The molecule has 0 N–H and O–H groups in total. The lowest BCUT2D eigenvalue weighted by Gasteiger charge is -2.39. The van der Waals surface area contributed by atoms with Crippen LogP contribution in [0.4, 0.5) is 13.2 Å². The minimum Gasteiger partial charge on any atom is -0.330 e. The zero-order valence-corrected chi connectivity index (χ0v) is 17.8. The molecule has 0 aliphatic carbocycles. The lowest BCUT2D eigenvalue weighted by Crippen LogP contribution is -2.45. The summed E-state index contributed by atoms with van der Waals surface area (Å²) in [4.78, 5) is 0. The molecule has 1 atom stereocenters. The number of rotatable bonds is 13. The molecule has 0 spiro atoms. The molecule has 1 rings (SSSR count). The smallest absolute Gasteiger partial charge is 0.330 e. The van der Waals surface area contributed by atoms with Crippen LogP contribution in [0.1, 0.15) is 82.8 Å². The van der Waals surface area contributed by atoms with Gasteiger partial charge in [0.15, 0.2) is 0 Å². The van der Waals surface area contributed by atoms with E-state index in [1.54, 1.807) is 0 Å². The molecule has 0 aromatic heterocycles. The van der Waals surface area contributed by atoms with E-state index < -0.39 is 17.7 Å². The van der Waals surface area contributed by atoms with Crippen LogP contribution in [0.2, 0.25) is 0 Å². The molecule has 0 amide bonds. The minimum atomic E-state index is -4.36. The van der Waals surface area contributed by atoms with Gasteiger partial charge in [-0.2, -0.15) is 13.2 Å². The summed E-state index contributed by atoms with van der Waals surface area (Å²) in [6.45, 7) is 5.93. The van der Waals surface area contributed by atoms with E-state index in [2.05, 4.69) is 6.92 Å². The van der Waals surface area contributed by atoms with Crippen molar-refractivity contribution in [3.63, 3.8) is 0 Å². The van der Waals surface area contributed by atoms with Crippen LogP contribution in [0.25, 0.3) is 0 Å². The number of ether oxygens (including phenoxy) is 3. The first-order chi connectivity index (χ1) is 13.2. The molecule has 1 aromatic rings. The highest BCUT2D eigenvalue weighted by Gasteiger charge is 2.43. The van der Waals surface area contributed by atoms with Crippen molar-refractivity contribution in [3.8, 4) is 0 Å². The van der Waals surface area contributed by atoms with Gasteiger partial charge in [-0.05, 0) is 38.0 Å². The second-order valence-electron chi connectivity index (χ2n) is 7.41. The quantitative estimate of drug-likeness (QED) is 0.264. The lowest BCUT2D eigenvalue weighted by molar-refractivity contribution is -0.385. The summed E-state index contributed by atoms with van der Waals surface area (Å²) in [5.41, 5.74) is 0.0469. The van der Waals surface area contributed by atoms with E-state index in [4.69, 9.17) is 14.2 Å². The van der Waals surface area contributed by atoms with E-state index in [0.29, 0.717) is 12.0 Å². The molecule has 0 fully saturated rings. The molecule has 0 heterocycles. The first kappa shape index (κ1) is 24.9. The van der Waals surface area contributed by atoms with E-state index in [1.165, 1.54) is 45.6 Å². The van der Waals surface area contributed by atoms with Crippen LogP contribution in [0.3, 0.4) is 0 Å². The predicted octanol–water partition coefficient (Wildman–Crippen LogP) is 6.91. The fraction of sp³-hybridized carbons (Fsp3) is 0.727. The van der Waals surface area contributed by atoms with Crippen molar-refractivity contribution in [2.45, 2.75) is 89.9 Å². The van der Waals surface area contributed by atoms with Crippen LogP contribution in [-0.2, 0) is 20.4 Å². The van der Waals surface area contributed by atoms with Gasteiger partial charge in [0, 0.05) is 14.2 Å². The number of methoxy groups -OCH3 is 2. The largest absolute Gasteiger partial charge is 0.416 e. The van der Waals surface area contributed by atoms with Gasteiger partial charge in [-0.15, -0.1) is 0 Å². The zero-order chi connectivity index (χ0) is 21.2. The second kappa shape index (κ2) is 11.8. The van der Waals surface area contributed by atoms with Gasteiger partial charge in [0.2, 0.25) is 0 Å². The van der Waals surface area contributed by atoms with Gasteiger partial charge in [-0.25, -0.2) is 0 Å². The van der Waals surface area contributed by atoms with Crippen LogP contribution in [-0.4, -0.2) is 26.3 Å². The summed E-state index contributed by atoms with van der Waals surface area (Å²) in [7, 11) is 3.01. The Morgan fingerprint density at radius 1 is 0.857 bits per heavy atom. The topological polar surface area (TPSA) is 27.7 Å². The van der Waals surface area contributed by atoms with E-state index in [-0.39, 0.29) is 12.0 Å². The Labute approximate surface area is 167 Å². The molecule has 162 valence electrons. The maximum absolute atomic E-state index is 12.9. The van der Waals surface area contributed by atoms with Crippen molar-refractivity contribution in [2.75, 3.05) is 14.2 Å². The molecule has 0 bridgehead atoms. The molecule has 6 heteroatoms. The van der Waals surface area contributed by atoms with Gasteiger partial charge in [-0.1, -0.05) is 57.6 Å². The molecule has 0 saturated carbocycles. The number of hydrogen-bond acceptors (Lipinski definition) is 3. The van der Waals surface area contributed by atoms with Crippen LogP contribution in [0.15, 0.2) is 24.3 Å². The highest BCUT2D eigenvalue weighted by Crippen LogP contribution is 2.39. The maximum Gasteiger partial charge on any atom is 0.416 e. The minimum absolute atomic E-state index is 0.165. The van der Waals surface area contributed by atoms with Crippen LogP contribution < -0.4 is 0 Å². The van der Waals surface area contributed by atoms with E-state index in [0.717, 1.165) is 31.4 Å². The molecular weight excluding hydrogens is 369 g/mol. The van der Waals surface area contributed by atoms with Gasteiger partial charge in [0.05, 0.1) is 17.6 Å². The predicted molar refractivity (Wildman–Crippen MR) is 105 cm³/mol. The molecular formula is C22H35F3O3. The Morgan fingerprint density at radius 2 is 1.39 bits per heavy atom. The highest BCUT2D eigenvalue weighted by molar-refractivity contribution is 5.28. The number of halogens is 3. The van der Waals surface area contributed by atoms with Crippen molar-refractivity contribution in [1.82, 2.24) is 0 Å². The van der Waals surface area contributed by atoms with Crippen LogP contribution >= 0.6 is 0 Å². The third kappa shape index (κ3) is 7.37. The second-order valence-corrected chi connectivity index (χ2v) is 7.41. The average Bonchev–Trinajstić information content (AvgIpc) is 2.65. The monoisotopic (exact) mass is 404 g/mol. The van der Waals surface area contributed by atoms with E-state index >= 15 is 0 Å². The number of benzene rings is 1. The summed E-state index contributed by atoms with van der Waals surface area (Å²) >= 11 is 0. The fourth-order valence-corrected chi connectivity index (χ4v) is 3.46. The van der Waals surface area contributed by atoms with Crippen LogP contribution in [0, 0.1) is 0 Å². The number of hydrogen-bond donors (Lipinski definition) is 0. The average molecular weight is 405 g/mol. The van der Waals surface area contributed by atoms with Crippen molar-refractivity contribution in [1.29, 1.82) is 0 Å². The third-order valence-corrected chi connectivity index (χ3v) is 4.88. The Morgan fingerprint density at radius 3 is 1.86 bits per heavy atom. The molecule has 1 unspecified atom stereocenters. The third-order valence-electron chi connectivity index (χ3n) is 4.88. The van der Waals surface area contributed by atoms with Gasteiger partial charge >= 0.3 is 6.18 Å². The first-order valence-electron chi connectivity index (χ1n) is 10.2. The van der Waals surface area contributed by atoms with Crippen molar-refractivity contribution in [2.24, 2.45) is 0 Å². The van der Waals surface area contributed by atoms with Gasteiger partial charge in [-0.3, -0.25) is 0 Å². The van der Waals surface area contributed by atoms with Crippen LogP contribution in [0.5, 0.6) is 0 Å². The molecule has 0 aliphatic rings. The molecule has 0 aliphatic heterocycles. The van der Waals surface area contributed by atoms with Gasteiger partial charge in [0.25, 0.3) is 5.97 Å². The molecule has 1 aromatic carbocycles. The standard InChI is InChI=1S/C22H35F3O3/c1-6-7-8-9-10-11-12-20(22(26-4,27-5)28-17(2)3)18-13-15-19(16-14-18)21(23,24)25/h13-17,20H,6-12H2,1-5H3. The van der Waals surface area contributed by atoms with E-state index in [1.807, 2.05) is 13.8 Å². The number of alkyl halides is 3. The Kier molecular flexibility index (Phi) is 10.5. The summed E-state index contributed by atoms with van der Waals surface area (Å²) < 4.78 is 56.1. The summed E-state index contributed by atoms with van der Waals surface area (Å²) in [5, 5.41) is 0. The zero-order valence-electron chi connectivity index (χ0n) is 17.8.